The molecule has 5 nitrogen and oxygen atoms in total. The smallest absolute Gasteiger partial charge is 0.261 e. The molecule has 1 amide bonds. The zero-order chi connectivity index (χ0) is 19.0. The first-order valence-corrected chi connectivity index (χ1v) is 8.83. The van der Waals surface area contributed by atoms with E-state index in [1.807, 2.05) is 0 Å². The number of amides is 1. The van der Waals surface area contributed by atoms with Gasteiger partial charge in [0, 0.05) is 17.1 Å². The number of halogens is 3. The third kappa shape index (κ3) is 3.56. The average molecular weight is 411 g/mol. The Morgan fingerprint density at radius 2 is 1.77 bits per heavy atom. The second-order valence-corrected chi connectivity index (χ2v) is 7.10. The maximum atomic E-state index is 12.5. The van der Waals surface area contributed by atoms with Gasteiger partial charge in [0.25, 0.3) is 11.5 Å². The fourth-order valence-electron chi connectivity index (χ4n) is 2.66. The number of hydrogen-bond acceptors (Lipinski definition) is 3. The van der Waals surface area contributed by atoms with Crippen LogP contribution in [0.5, 0.6) is 0 Å². The first kappa shape index (κ1) is 18.7. The number of fused-ring (bicyclic) bond motifs is 1. The maximum Gasteiger partial charge on any atom is 0.261 e. The van der Waals surface area contributed by atoms with E-state index in [0.29, 0.717) is 26.8 Å². The topological polar surface area (TPSA) is 64.0 Å². The third-order valence-corrected chi connectivity index (χ3v) is 4.77. The summed E-state index contributed by atoms with van der Waals surface area (Å²) in [5, 5.41) is 4.42. The van der Waals surface area contributed by atoms with E-state index >= 15 is 0 Å². The first-order chi connectivity index (χ1) is 12.3. The Morgan fingerprint density at radius 1 is 1.12 bits per heavy atom. The summed E-state index contributed by atoms with van der Waals surface area (Å²) in [4.78, 5) is 29.5. The van der Waals surface area contributed by atoms with Crippen LogP contribution < -0.4 is 10.9 Å². The van der Waals surface area contributed by atoms with Gasteiger partial charge in [-0.25, -0.2) is 4.98 Å². The van der Waals surface area contributed by atoms with E-state index < -0.39 is 6.04 Å². The summed E-state index contributed by atoms with van der Waals surface area (Å²) in [6.07, 6.45) is 0. The highest BCUT2D eigenvalue weighted by Crippen LogP contribution is 2.22. The number of benzene rings is 2. The molecule has 26 heavy (non-hydrogen) atoms. The molecule has 134 valence electrons. The number of rotatable bonds is 3. The molecule has 0 aliphatic heterocycles. The lowest BCUT2D eigenvalue weighted by molar-refractivity contribution is 0.0938. The van der Waals surface area contributed by atoms with Crippen molar-refractivity contribution in [2.24, 2.45) is 7.05 Å². The van der Waals surface area contributed by atoms with Gasteiger partial charge in [-0.3, -0.25) is 14.2 Å². The van der Waals surface area contributed by atoms with Crippen LogP contribution in [-0.4, -0.2) is 15.5 Å². The molecule has 3 rings (SSSR count). The molecule has 2 aromatic carbocycles. The minimum atomic E-state index is -0.532. The molecule has 0 fully saturated rings. The number of nitrogens with one attached hydrogen (secondary N) is 1. The van der Waals surface area contributed by atoms with Crippen LogP contribution in [0.15, 0.2) is 41.2 Å². The van der Waals surface area contributed by atoms with Crippen molar-refractivity contribution >= 4 is 51.6 Å². The van der Waals surface area contributed by atoms with E-state index in [1.165, 1.54) is 10.6 Å². The number of aromatic nitrogens is 2. The molecule has 1 N–H and O–H groups in total. The Bertz CT molecular complexity index is 1080. The monoisotopic (exact) mass is 409 g/mol. The van der Waals surface area contributed by atoms with Gasteiger partial charge < -0.3 is 5.32 Å². The summed E-state index contributed by atoms with van der Waals surface area (Å²) < 4.78 is 1.41. The standard InChI is InChI=1S/C18H14Cl3N3O2/c1-9(22-17(25)12-5-3-10(19)7-14(12)21)16-23-15-8-11(20)4-6-13(15)18(26)24(16)2/h3-9H,1-2H3,(H,22,25)/t9-/m0/s1. The Hall–Kier alpha value is -2.08. The SMILES string of the molecule is C[C@H](NC(=O)c1ccc(Cl)cc1Cl)c1nc2cc(Cl)ccc2c(=O)n1C. The van der Waals surface area contributed by atoms with Crippen LogP contribution in [0, 0.1) is 0 Å². The van der Waals surface area contributed by atoms with E-state index in [0.717, 1.165) is 0 Å². The fourth-order valence-corrected chi connectivity index (χ4v) is 3.32. The zero-order valence-electron chi connectivity index (χ0n) is 13.9. The second kappa shape index (κ2) is 7.27. The molecule has 1 aromatic heterocycles. The average Bonchev–Trinajstić information content (AvgIpc) is 2.57. The van der Waals surface area contributed by atoms with Crippen LogP contribution >= 0.6 is 34.8 Å². The van der Waals surface area contributed by atoms with Crippen molar-refractivity contribution in [3.63, 3.8) is 0 Å². The highest BCUT2D eigenvalue weighted by molar-refractivity contribution is 6.36. The molecular formula is C18H14Cl3N3O2. The Kier molecular flexibility index (Phi) is 5.23. The van der Waals surface area contributed by atoms with Crippen molar-refractivity contribution in [3.8, 4) is 0 Å². The van der Waals surface area contributed by atoms with Crippen molar-refractivity contribution < 1.29 is 4.79 Å². The largest absolute Gasteiger partial charge is 0.342 e. The molecule has 1 heterocycles. The summed E-state index contributed by atoms with van der Waals surface area (Å²) in [7, 11) is 1.61. The molecule has 1 atom stereocenters. The normalized spacial score (nSPS) is 12.2. The van der Waals surface area contributed by atoms with Crippen LogP contribution in [-0.2, 0) is 7.05 Å². The number of carbonyl (C=O) groups is 1. The minimum Gasteiger partial charge on any atom is -0.342 e. The van der Waals surface area contributed by atoms with Gasteiger partial charge in [-0.15, -0.1) is 0 Å². The highest BCUT2D eigenvalue weighted by atomic mass is 35.5. The quantitative estimate of drug-likeness (QED) is 0.697. The minimum absolute atomic E-state index is 0.215. The Labute approximate surface area is 164 Å². The summed E-state index contributed by atoms with van der Waals surface area (Å²) in [6.45, 7) is 1.74. The van der Waals surface area contributed by atoms with Gasteiger partial charge in [-0.05, 0) is 43.3 Å². The molecule has 8 heteroatoms. The van der Waals surface area contributed by atoms with E-state index in [9.17, 15) is 9.59 Å². The van der Waals surface area contributed by atoms with Crippen LogP contribution in [0.1, 0.15) is 29.1 Å². The van der Waals surface area contributed by atoms with Crippen LogP contribution in [0.25, 0.3) is 10.9 Å². The van der Waals surface area contributed by atoms with Crippen molar-refractivity contribution in [2.75, 3.05) is 0 Å². The van der Waals surface area contributed by atoms with E-state index in [-0.39, 0.29) is 22.1 Å². The van der Waals surface area contributed by atoms with Gasteiger partial charge in [-0.2, -0.15) is 0 Å². The lowest BCUT2D eigenvalue weighted by atomic mass is 10.2. The van der Waals surface area contributed by atoms with Gasteiger partial charge in [-0.1, -0.05) is 34.8 Å². The van der Waals surface area contributed by atoms with Crippen LogP contribution in [0.2, 0.25) is 15.1 Å². The molecule has 0 aliphatic rings. The van der Waals surface area contributed by atoms with Gasteiger partial charge >= 0.3 is 0 Å². The Balaban J connectivity index is 1.97. The van der Waals surface area contributed by atoms with Gasteiger partial charge in [0.2, 0.25) is 0 Å². The van der Waals surface area contributed by atoms with E-state index in [1.54, 1.807) is 44.3 Å². The lowest BCUT2D eigenvalue weighted by Gasteiger charge is -2.17. The summed E-state index contributed by atoms with van der Waals surface area (Å²) >= 11 is 17.9. The number of carbonyl (C=O) groups excluding carboxylic acids is 1. The lowest BCUT2D eigenvalue weighted by Crippen LogP contribution is -2.32. The van der Waals surface area contributed by atoms with Gasteiger partial charge in [0.15, 0.2) is 0 Å². The molecule has 0 bridgehead atoms. The van der Waals surface area contributed by atoms with Crippen molar-refractivity contribution in [1.29, 1.82) is 0 Å². The van der Waals surface area contributed by atoms with E-state index in [4.69, 9.17) is 34.8 Å². The van der Waals surface area contributed by atoms with Crippen molar-refractivity contribution in [3.05, 3.63) is 73.2 Å². The number of nitrogens with zero attached hydrogens (tertiary/aromatic N) is 2. The predicted octanol–water partition coefficient (Wildman–Crippen LogP) is 4.38. The van der Waals surface area contributed by atoms with Crippen LogP contribution in [0.3, 0.4) is 0 Å². The maximum absolute atomic E-state index is 12.5. The molecular weight excluding hydrogens is 397 g/mol. The summed E-state index contributed by atoms with van der Waals surface area (Å²) in [5.74, 6) is 0.0165. The van der Waals surface area contributed by atoms with Gasteiger partial charge in [0.1, 0.15) is 5.82 Å². The van der Waals surface area contributed by atoms with E-state index in [2.05, 4.69) is 10.3 Å². The molecule has 0 radical (unpaired) electrons. The fraction of sp³-hybridized carbons (Fsp3) is 0.167. The molecule has 0 spiro atoms. The molecule has 0 saturated heterocycles. The molecule has 0 unspecified atom stereocenters. The van der Waals surface area contributed by atoms with Crippen molar-refractivity contribution in [2.45, 2.75) is 13.0 Å². The zero-order valence-corrected chi connectivity index (χ0v) is 16.2. The second-order valence-electron chi connectivity index (χ2n) is 5.81. The Morgan fingerprint density at radius 3 is 2.46 bits per heavy atom. The predicted molar refractivity (Wildman–Crippen MR) is 104 cm³/mol. The highest BCUT2D eigenvalue weighted by Gasteiger charge is 2.19. The molecule has 3 aromatic rings. The van der Waals surface area contributed by atoms with Crippen LogP contribution in [0.4, 0.5) is 0 Å². The summed E-state index contributed by atoms with van der Waals surface area (Å²) in [6, 6.07) is 8.98. The van der Waals surface area contributed by atoms with Gasteiger partial charge in [0.05, 0.1) is 27.5 Å². The third-order valence-electron chi connectivity index (χ3n) is 3.98. The number of hydrogen-bond donors (Lipinski definition) is 1. The summed E-state index contributed by atoms with van der Waals surface area (Å²) in [5.41, 5.74) is 0.547. The first-order valence-electron chi connectivity index (χ1n) is 7.70. The van der Waals surface area contributed by atoms with Crippen molar-refractivity contribution in [1.82, 2.24) is 14.9 Å². The molecule has 0 saturated carbocycles. The molecule has 0 aliphatic carbocycles.